The van der Waals surface area contributed by atoms with E-state index in [1.807, 2.05) is 12.1 Å². The topological polar surface area (TPSA) is 0 Å². The SMILES string of the molecule is CCc1ccc(C)c(C/C(C)=C/C=C(\C)c2ccc(F)cc2)c1. The Balaban J connectivity index is 2.13. The number of halogens is 1. The van der Waals surface area contributed by atoms with Crippen LogP contribution in [0, 0.1) is 12.7 Å². The summed E-state index contributed by atoms with van der Waals surface area (Å²) in [6, 6.07) is 13.4. The molecule has 1 heteroatoms. The highest BCUT2D eigenvalue weighted by atomic mass is 19.1. The number of allylic oxidation sites excluding steroid dienone is 4. The first kappa shape index (κ1) is 17.2. The second-order valence-corrected chi connectivity index (χ2v) is 6.16. The number of hydrogen-bond donors (Lipinski definition) is 0. The van der Waals surface area contributed by atoms with Gasteiger partial charge in [0.05, 0.1) is 0 Å². The van der Waals surface area contributed by atoms with Crippen LogP contribution in [-0.4, -0.2) is 0 Å². The Hall–Kier alpha value is -2.15. The summed E-state index contributed by atoms with van der Waals surface area (Å²) < 4.78 is 13.0. The lowest BCUT2D eigenvalue weighted by Gasteiger charge is -2.08. The van der Waals surface area contributed by atoms with Crippen molar-refractivity contribution in [1.29, 1.82) is 0 Å². The third-order valence-electron chi connectivity index (χ3n) is 4.21. The Morgan fingerprint density at radius 2 is 1.70 bits per heavy atom. The first-order chi connectivity index (χ1) is 11.0. The monoisotopic (exact) mass is 308 g/mol. The molecule has 2 aromatic rings. The lowest BCUT2D eigenvalue weighted by molar-refractivity contribution is 0.627. The number of benzene rings is 2. The molecular formula is C22H25F. The molecule has 0 radical (unpaired) electrons. The van der Waals surface area contributed by atoms with Gasteiger partial charge in [0.25, 0.3) is 0 Å². The van der Waals surface area contributed by atoms with Gasteiger partial charge in [-0.1, -0.05) is 55.0 Å². The summed E-state index contributed by atoms with van der Waals surface area (Å²) in [6.07, 6.45) is 6.31. The van der Waals surface area contributed by atoms with Crippen molar-refractivity contribution in [2.24, 2.45) is 0 Å². The van der Waals surface area contributed by atoms with Crippen molar-refractivity contribution in [3.8, 4) is 0 Å². The Bertz CT molecular complexity index is 718. The van der Waals surface area contributed by atoms with Crippen molar-refractivity contribution in [1.82, 2.24) is 0 Å². The lowest BCUT2D eigenvalue weighted by Crippen LogP contribution is -1.93. The van der Waals surface area contributed by atoms with E-state index in [0.717, 1.165) is 24.0 Å². The van der Waals surface area contributed by atoms with E-state index in [4.69, 9.17) is 0 Å². The molecule has 0 aliphatic heterocycles. The smallest absolute Gasteiger partial charge is 0.123 e. The summed E-state index contributed by atoms with van der Waals surface area (Å²) in [5, 5.41) is 0. The molecule has 0 unspecified atom stereocenters. The van der Waals surface area contributed by atoms with E-state index < -0.39 is 0 Å². The fourth-order valence-electron chi connectivity index (χ4n) is 2.57. The van der Waals surface area contributed by atoms with Crippen molar-refractivity contribution in [3.63, 3.8) is 0 Å². The van der Waals surface area contributed by atoms with Crippen molar-refractivity contribution in [2.45, 2.75) is 40.5 Å². The molecule has 0 N–H and O–H groups in total. The molecule has 0 saturated carbocycles. The minimum atomic E-state index is -0.195. The minimum Gasteiger partial charge on any atom is -0.207 e. The van der Waals surface area contributed by atoms with Crippen LogP contribution in [0.5, 0.6) is 0 Å². The van der Waals surface area contributed by atoms with E-state index in [2.05, 4.69) is 58.0 Å². The molecule has 120 valence electrons. The van der Waals surface area contributed by atoms with Gasteiger partial charge in [-0.25, -0.2) is 4.39 Å². The quantitative estimate of drug-likeness (QED) is 0.569. The normalized spacial score (nSPS) is 12.6. The zero-order chi connectivity index (χ0) is 16.8. The molecule has 23 heavy (non-hydrogen) atoms. The van der Waals surface area contributed by atoms with E-state index in [-0.39, 0.29) is 5.82 Å². The average Bonchev–Trinajstić information content (AvgIpc) is 2.55. The zero-order valence-electron chi connectivity index (χ0n) is 14.5. The van der Waals surface area contributed by atoms with Crippen molar-refractivity contribution < 1.29 is 4.39 Å². The Labute approximate surface area is 139 Å². The van der Waals surface area contributed by atoms with Gasteiger partial charge in [-0.15, -0.1) is 0 Å². The van der Waals surface area contributed by atoms with Gasteiger partial charge in [0.1, 0.15) is 5.82 Å². The molecule has 0 bridgehead atoms. The molecule has 2 aromatic carbocycles. The summed E-state index contributed by atoms with van der Waals surface area (Å²) in [6.45, 7) is 8.57. The summed E-state index contributed by atoms with van der Waals surface area (Å²) in [4.78, 5) is 0. The van der Waals surface area contributed by atoms with Gasteiger partial charge in [0.2, 0.25) is 0 Å². The maximum Gasteiger partial charge on any atom is 0.123 e. The maximum absolute atomic E-state index is 13.0. The van der Waals surface area contributed by atoms with Crippen molar-refractivity contribution in [3.05, 3.63) is 88.3 Å². The van der Waals surface area contributed by atoms with Gasteiger partial charge in [0.15, 0.2) is 0 Å². The van der Waals surface area contributed by atoms with E-state index in [1.165, 1.54) is 34.4 Å². The van der Waals surface area contributed by atoms with Gasteiger partial charge in [-0.2, -0.15) is 0 Å². The molecule has 0 atom stereocenters. The molecule has 0 heterocycles. The molecular weight excluding hydrogens is 283 g/mol. The fraction of sp³-hybridized carbons (Fsp3) is 0.273. The van der Waals surface area contributed by atoms with Crippen LogP contribution in [0.4, 0.5) is 4.39 Å². The molecule has 0 saturated heterocycles. The third kappa shape index (κ3) is 4.92. The van der Waals surface area contributed by atoms with Gasteiger partial charge >= 0.3 is 0 Å². The summed E-state index contributed by atoms with van der Waals surface area (Å²) in [5.74, 6) is -0.195. The van der Waals surface area contributed by atoms with Gasteiger partial charge in [-0.3, -0.25) is 0 Å². The molecule has 0 aliphatic carbocycles. The second kappa shape index (κ2) is 7.92. The lowest BCUT2D eigenvalue weighted by atomic mass is 9.97. The highest BCUT2D eigenvalue weighted by Gasteiger charge is 2.01. The second-order valence-electron chi connectivity index (χ2n) is 6.16. The van der Waals surface area contributed by atoms with Gasteiger partial charge in [-0.05, 0) is 73.6 Å². The van der Waals surface area contributed by atoms with Crippen LogP contribution >= 0.6 is 0 Å². The molecule has 0 spiro atoms. The van der Waals surface area contributed by atoms with Crippen LogP contribution in [0.25, 0.3) is 5.57 Å². The van der Waals surface area contributed by atoms with Crippen LogP contribution < -0.4 is 0 Å². The number of hydrogen-bond acceptors (Lipinski definition) is 0. The Kier molecular flexibility index (Phi) is 5.92. The highest BCUT2D eigenvalue weighted by Crippen LogP contribution is 2.18. The average molecular weight is 308 g/mol. The van der Waals surface area contributed by atoms with Gasteiger partial charge < -0.3 is 0 Å². The highest BCUT2D eigenvalue weighted by molar-refractivity contribution is 5.65. The largest absolute Gasteiger partial charge is 0.207 e. The molecule has 0 fully saturated rings. The van der Waals surface area contributed by atoms with Crippen LogP contribution in [0.3, 0.4) is 0 Å². The van der Waals surface area contributed by atoms with Crippen LogP contribution in [0.15, 0.2) is 60.2 Å². The van der Waals surface area contributed by atoms with E-state index in [0.29, 0.717) is 0 Å². The van der Waals surface area contributed by atoms with E-state index in [9.17, 15) is 4.39 Å². The van der Waals surface area contributed by atoms with Crippen molar-refractivity contribution in [2.75, 3.05) is 0 Å². The minimum absolute atomic E-state index is 0.195. The van der Waals surface area contributed by atoms with Gasteiger partial charge in [0, 0.05) is 0 Å². The maximum atomic E-state index is 13.0. The van der Waals surface area contributed by atoms with Crippen LogP contribution in [0.1, 0.15) is 43.0 Å². The zero-order valence-corrected chi connectivity index (χ0v) is 14.5. The summed E-state index contributed by atoms with van der Waals surface area (Å²) in [5.41, 5.74) is 7.64. The van der Waals surface area contributed by atoms with Crippen molar-refractivity contribution >= 4 is 5.57 Å². The predicted molar refractivity (Wildman–Crippen MR) is 98.1 cm³/mol. The first-order valence-corrected chi connectivity index (χ1v) is 8.18. The molecule has 2 rings (SSSR count). The summed E-state index contributed by atoms with van der Waals surface area (Å²) >= 11 is 0. The summed E-state index contributed by atoms with van der Waals surface area (Å²) in [7, 11) is 0. The Morgan fingerprint density at radius 1 is 1.00 bits per heavy atom. The van der Waals surface area contributed by atoms with E-state index >= 15 is 0 Å². The third-order valence-corrected chi connectivity index (χ3v) is 4.21. The predicted octanol–water partition coefficient (Wildman–Crippen LogP) is 6.29. The molecule has 0 aromatic heterocycles. The molecule has 0 aliphatic rings. The van der Waals surface area contributed by atoms with Crippen LogP contribution in [0.2, 0.25) is 0 Å². The van der Waals surface area contributed by atoms with E-state index in [1.54, 1.807) is 0 Å². The fourth-order valence-corrected chi connectivity index (χ4v) is 2.57. The Morgan fingerprint density at radius 3 is 2.35 bits per heavy atom. The molecule has 0 amide bonds. The molecule has 0 nitrogen and oxygen atoms in total. The number of rotatable bonds is 5. The number of aryl methyl sites for hydroxylation is 2. The first-order valence-electron chi connectivity index (χ1n) is 8.18. The standard InChI is InChI=1S/C22H25F/c1-5-19-9-8-18(4)21(15-19)14-16(2)6-7-17(3)20-10-12-22(23)13-11-20/h6-13,15H,5,14H2,1-4H3/b16-6+,17-7+. The van der Waals surface area contributed by atoms with Crippen LogP contribution in [-0.2, 0) is 12.8 Å².